The van der Waals surface area contributed by atoms with Crippen LogP contribution in [-0.4, -0.2) is 51.4 Å². The predicted molar refractivity (Wildman–Crippen MR) is 74.5 cm³/mol. The maximum Gasteiger partial charge on any atom is 0.272 e. The molecule has 118 valence electrons. The van der Waals surface area contributed by atoms with Gasteiger partial charge in [-0.25, -0.2) is 15.0 Å². The molecule has 0 aliphatic carbocycles. The monoisotopic (exact) mass is 307 g/mol. The summed E-state index contributed by atoms with van der Waals surface area (Å²) in [6.07, 6.45) is 2.91. The Labute approximate surface area is 126 Å². The first kappa shape index (κ1) is 13.8. The quantitative estimate of drug-likeness (QED) is 0.870. The fraction of sp³-hybridized carbons (Fsp3) is 0.615. The molecule has 5 atom stereocenters. The van der Waals surface area contributed by atoms with Crippen LogP contribution in [0.4, 0.5) is 5.82 Å². The molecule has 0 saturated carbocycles. The molecule has 2 unspecified atom stereocenters. The second-order valence-electron chi connectivity index (χ2n) is 5.28. The van der Waals surface area contributed by atoms with Gasteiger partial charge in [-0.05, 0) is 6.42 Å². The summed E-state index contributed by atoms with van der Waals surface area (Å²) in [5.74, 6) is 0.337. The Kier molecular flexibility index (Phi) is 3.22. The predicted octanol–water partition coefficient (Wildman–Crippen LogP) is 0.430. The van der Waals surface area contributed by atoms with Crippen molar-refractivity contribution < 1.29 is 18.9 Å². The molecule has 0 aromatic carbocycles. The number of imidazole rings is 1. The van der Waals surface area contributed by atoms with Crippen molar-refractivity contribution in [2.24, 2.45) is 0 Å². The van der Waals surface area contributed by atoms with Crippen molar-refractivity contribution in [1.29, 1.82) is 0 Å². The highest BCUT2D eigenvalue weighted by Crippen LogP contribution is 2.41. The topological polar surface area (TPSA) is 107 Å². The highest BCUT2D eigenvalue weighted by atomic mass is 16.9. The van der Waals surface area contributed by atoms with Gasteiger partial charge in [-0.3, -0.25) is 4.57 Å². The Hall–Kier alpha value is -1.81. The van der Waals surface area contributed by atoms with E-state index in [4.69, 9.17) is 24.7 Å². The summed E-state index contributed by atoms with van der Waals surface area (Å²) < 4.78 is 24.6. The number of aromatic nitrogens is 4. The number of rotatable bonds is 3. The molecule has 9 heteroatoms. The van der Waals surface area contributed by atoms with Crippen LogP contribution in [-0.2, 0) is 18.9 Å². The van der Waals surface area contributed by atoms with Crippen molar-refractivity contribution in [3.63, 3.8) is 0 Å². The first-order chi connectivity index (χ1) is 10.7. The summed E-state index contributed by atoms with van der Waals surface area (Å²) in [6, 6.07) is 0. The van der Waals surface area contributed by atoms with Crippen molar-refractivity contribution >= 4 is 17.0 Å². The number of nitrogen functional groups attached to an aromatic ring is 1. The molecule has 2 aliphatic rings. The van der Waals surface area contributed by atoms with Gasteiger partial charge < -0.3 is 24.7 Å². The Balaban J connectivity index is 1.73. The smallest absolute Gasteiger partial charge is 0.272 e. The zero-order valence-electron chi connectivity index (χ0n) is 12.2. The van der Waals surface area contributed by atoms with E-state index in [1.165, 1.54) is 6.33 Å². The average molecular weight is 307 g/mol. The van der Waals surface area contributed by atoms with Gasteiger partial charge in [0.05, 0.1) is 12.4 Å². The number of ether oxygens (including phenoxy) is 4. The maximum absolute atomic E-state index is 6.08. The van der Waals surface area contributed by atoms with Crippen LogP contribution < -0.4 is 5.73 Å². The van der Waals surface area contributed by atoms with E-state index < -0.39 is 12.7 Å². The number of anilines is 1. The van der Waals surface area contributed by atoms with E-state index >= 15 is 0 Å². The second-order valence-corrected chi connectivity index (χ2v) is 5.28. The van der Waals surface area contributed by atoms with Crippen molar-refractivity contribution in [3.8, 4) is 0 Å². The van der Waals surface area contributed by atoms with E-state index in [1.54, 1.807) is 13.4 Å². The number of fused-ring (bicyclic) bond motifs is 2. The van der Waals surface area contributed by atoms with E-state index in [9.17, 15) is 0 Å². The second kappa shape index (κ2) is 5.13. The molecule has 0 bridgehead atoms. The van der Waals surface area contributed by atoms with Crippen LogP contribution in [0, 0.1) is 0 Å². The number of nitrogens with two attached hydrogens (primary N) is 1. The lowest BCUT2D eigenvalue weighted by molar-refractivity contribution is -0.255. The Morgan fingerprint density at radius 1 is 1.23 bits per heavy atom. The van der Waals surface area contributed by atoms with Crippen molar-refractivity contribution in [2.75, 3.05) is 12.8 Å². The minimum atomic E-state index is -0.676. The van der Waals surface area contributed by atoms with Crippen LogP contribution in [0.3, 0.4) is 0 Å². The van der Waals surface area contributed by atoms with Crippen LogP contribution in [0.15, 0.2) is 12.7 Å². The van der Waals surface area contributed by atoms with E-state index in [0.717, 1.165) is 6.42 Å². The van der Waals surface area contributed by atoms with Crippen LogP contribution in [0.5, 0.6) is 0 Å². The summed E-state index contributed by atoms with van der Waals surface area (Å²) in [4.78, 5) is 12.5. The Morgan fingerprint density at radius 3 is 2.82 bits per heavy atom. The van der Waals surface area contributed by atoms with Crippen LogP contribution in [0.1, 0.15) is 19.6 Å². The molecule has 2 N–H and O–H groups in total. The summed E-state index contributed by atoms with van der Waals surface area (Å²) in [6.45, 7) is 1.37. The van der Waals surface area contributed by atoms with Gasteiger partial charge >= 0.3 is 0 Å². The van der Waals surface area contributed by atoms with Crippen molar-refractivity contribution in [1.82, 2.24) is 19.5 Å². The molecule has 0 amide bonds. The van der Waals surface area contributed by atoms with Gasteiger partial charge in [-0.2, -0.15) is 0 Å². The lowest BCUT2D eigenvalue weighted by Gasteiger charge is -2.20. The molecule has 0 spiro atoms. The fourth-order valence-electron chi connectivity index (χ4n) is 3.03. The third-order valence-corrected chi connectivity index (χ3v) is 4.08. The van der Waals surface area contributed by atoms with Gasteiger partial charge in [0.25, 0.3) is 6.48 Å². The van der Waals surface area contributed by atoms with Crippen LogP contribution >= 0.6 is 0 Å². The third-order valence-electron chi connectivity index (χ3n) is 4.08. The summed E-state index contributed by atoms with van der Waals surface area (Å²) in [5, 5.41) is 0. The van der Waals surface area contributed by atoms with E-state index in [1.807, 2.05) is 11.5 Å². The van der Waals surface area contributed by atoms with Crippen LogP contribution in [0.2, 0.25) is 0 Å². The minimum absolute atomic E-state index is 0.0771. The van der Waals surface area contributed by atoms with Gasteiger partial charge in [0.15, 0.2) is 17.7 Å². The molecule has 2 aromatic heterocycles. The summed E-state index contributed by atoms with van der Waals surface area (Å²) >= 11 is 0. The number of methoxy groups -OCH3 is 1. The molecule has 9 nitrogen and oxygen atoms in total. The first-order valence-corrected chi connectivity index (χ1v) is 7.15. The average Bonchev–Trinajstić information content (AvgIpc) is 3.19. The molecule has 2 aromatic rings. The van der Waals surface area contributed by atoms with Crippen molar-refractivity contribution in [3.05, 3.63) is 12.7 Å². The molecule has 2 saturated heterocycles. The highest BCUT2D eigenvalue weighted by molar-refractivity contribution is 5.81. The molecule has 0 radical (unpaired) electrons. The first-order valence-electron chi connectivity index (χ1n) is 7.15. The Bertz CT molecular complexity index is 692. The lowest BCUT2D eigenvalue weighted by atomic mass is 10.1. The fourth-order valence-corrected chi connectivity index (χ4v) is 3.03. The van der Waals surface area contributed by atoms with E-state index in [-0.39, 0.29) is 18.3 Å². The number of hydrogen-bond acceptors (Lipinski definition) is 8. The number of hydrogen-bond donors (Lipinski definition) is 1. The third kappa shape index (κ3) is 1.90. The van der Waals surface area contributed by atoms with Gasteiger partial charge in [0.1, 0.15) is 24.1 Å². The lowest BCUT2D eigenvalue weighted by Crippen LogP contribution is -2.28. The van der Waals surface area contributed by atoms with Gasteiger partial charge in [-0.1, -0.05) is 6.92 Å². The SMILES string of the molecule is CC[C@H]1O[C@@H](n2cnc3c(N)ncnc32)[C@H]2OC(OC)OC12. The zero-order valence-corrected chi connectivity index (χ0v) is 12.2. The normalized spacial score (nSPS) is 34.4. The summed E-state index contributed by atoms with van der Waals surface area (Å²) in [5.41, 5.74) is 6.98. The summed E-state index contributed by atoms with van der Waals surface area (Å²) in [7, 11) is 1.54. The molecule has 4 heterocycles. The molecular formula is C13H17N5O4. The molecule has 4 rings (SSSR count). The van der Waals surface area contributed by atoms with E-state index in [0.29, 0.717) is 17.0 Å². The largest absolute Gasteiger partial charge is 0.382 e. The van der Waals surface area contributed by atoms with E-state index in [2.05, 4.69) is 15.0 Å². The van der Waals surface area contributed by atoms with Crippen molar-refractivity contribution in [2.45, 2.75) is 44.4 Å². The minimum Gasteiger partial charge on any atom is -0.382 e. The van der Waals surface area contributed by atoms with Gasteiger partial charge in [0.2, 0.25) is 0 Å². The molecular weight excluding hydrogens is 290 g/mol. The molecule has 22 heavy (non-hydrogen) atoms. The highest BCUT2D eigenvalue weighted by Gasteiger charge is 2.53. The number of nitrogens with zero attached hydrogens (tertiary/aromatic N) is 4. The molecule has 2 fully saturated rings. The maximum atomic E-state index is 6.08. The Morgan fingerprint density at radius 2 is 2.05 bits per heavy atom. The standard InChI is InChI=1S/C13H17N5O4/c1-3-6-8-9(22-13(19-2)21-8)12(20-6)18-5-17-7-10(14)15-4-16-11(7)18/h4-6,8-9,12-13H,3H2,1-2H3,(H2,14,15,16)/t6-,8?,9+,12-,13?/m1/s1. The molecule has 2 aliphatic heterocycles. The zero-order chi connectivity index (χ0) is 15.3. The van der Waals surface area contributed by atoms with Gasteiger partial charge in [-0.15, -0.1) is 0 Å². The van der Waals surface area contributed by atoms with Crippen LogP contribution in [0.25, 0.3) is 11.2 Å². The van der Waals surface area contributed by atoms with Gasteiger partial charge in [0, 0.05) is 7.11 Å².